The highest BCUT2D eigenvalue weighted by Crippen LogP contribution is 2.46. The number of aliphatic imine (C=N–C) groups is 1. The molecule has 4 N–H and O–H groups in total. The molecule has 0 aromatic carbocycles. The standard InChI is InChI=1S/C35H38N4O5/c1-8-19-15(3)22-12-24-17(5)21(10-11-28(40)41)32(38-24)30-31(35(43)44-7)34(42)29-18(6)25(39-33(29)30)14-27-20(9-2)16(4)23(37-27)13-26(19)36-22/h8,12-14,17,21,25,31,36-38H,1,9-11H2,2-7H3,(H,40,41)/b23-13-,24-12-,27-14-,32-30-/t17-,21-,25?,31+/m0/s1. The van der Waals surface area contributed by atoms with Crippen molar-refractivity contribution in [3.63, 3.8) is 0 Å². The zero-order valence-electron chi connectivity index (χ0n) is 26.0. The molecule has 228 valence electrons. The summed E-state index contributed by atoms with van der Waals surface area (Å²) < 4.78 is 5.14. The number of nitrogens with zero attached hydrogens (tertiary/aromatic N) is 1. The molecule has 1 saturated carbocycles. The average molecular weight is 595 g/mol. The van der Waals surface area contributed by atoms with Crippen LogP contribution in [-0.2, 0) is 25.5 Å². The van der Waals surface area contributed by atoms with Gasteiger partial charge in [0.2, 0.25) is 0 Å². The minimum absolute atomic E-state index is 0.0580. The molecule has 0 radical (unpaired) electrons. The van der Waals surface area contributed by atoms with Gasteiger partial charge in [0.1, 0.15) is 5.92 Å². The summed E-state index contributed by atoms with van der Waals surface area (Å²) in [6.07, 6.45) is 9.14. The summed E-state index contributed by atoms with van der Waals surface area (Å²) in [6, 6.07) is -0.406. The molecule has 2 aromatic heterocycles. The molecule has 0 amide bonds. The van der Waals surface area contributed by atoms with Crippen molar-refractivity contribution in [2.45, 2.75) is 59.9 Å². The molecule has 2 aromatic rings. The minimum Gasteiger partial charge on any atom is -0.481 e. The van der Waals surface area contributed by atoms with Gasteiger partial charge in [-0.2, -0.15) is 0 Å². The van der Waals surface area contributed by atoms with Gasteiger partial charge in [0.05, 0.1) is 18.9 Å². The second-order valence-corrected chi connectivity index (χ2v) is 12.1. The molecule has 1 aliphatic carbocycles. The number of ether oxygens (including phenoxy) is 1. The first kappa shape index (κ1) is 29.4. The van der Waals surface area contributed by atoms with E-state index in [1.165, 1.54) is 12.7 Å². The molecule has 2 fully saturated rings. The molecule has 6 rings (SSSR count). The zero-order valence-corrected chi connectivity index (χ0v) is 26.0. The number of nitrogens with one attached hydrogen (secondary N) is 3. The SMILES string of the molecule is C=Cc1c2[nH]c(c1C)/C=C1\N/C(=C3\C4=NC(/C=c5\[nH]/c(c(C)c5CC)=C\2)C(C)=C4C(=O)[C@@H]3C(=O)OC)[C@@H](CCC(=O)O)[C@@H]1C. The van der Waals surface area contributed by atoms with Crippen LogP contribution in [0.2, 0.25) is 0 Å². The summed E-state index contributed by atoms with van der Waals surface area (Å²) in [6.45, 7) is 14.3. The number of aromatic amines is 2. The van der Waals surface area contributed by atoms with Gasteiger partial charge in [-0.3, -0.25) is 19.4 Å². The number of hydrogen-bond donors (Lipinski definition) is 4. The number of fused-ring (bicyclic) bond motifs is 7. The third-order valence-corrected chi connectivity index (χ3v) is 9.82. The van der Waals surface area contributed by atoms with E-state index >= 15 is 0 Å². The van der Waals surface area contributed by atoms with Gasteiger partial charge < -0.3 is 25.1 Å². The van der Waals surface area contributed by atoms with Gasteiger partial charge in [0, 0.05) is 68.4 Å². The predicted molar refractivity (Wildman–Crippen MR) is 170 cm³/mol. The number of rotatable bonds is 6. The fourth-order valence-corrected chi connectivity index (χ4v) is 7.34. The Morgan fingerprint density at radius 2 is 1.86 bits per heavy atom. The van der Waals surface area contributed by atoms with Gasteiger partial charge >= 0.3 is 11.9 Å². The first-order valence-corrected chi connectivity index (χ1v) is 15.1. The minimum atomic E-state index is -1.17. The van der Waals surface area contributed by atoms with Crippen LogP contribution in [-0.4, -0.2) is 51.7 Å². The molecule has 9 heteroatoms. The summed E-state index contributed by atoms with van der Waals surface area (Å²) >= 11 is 0. The van der Waals surface area contributed by atoms with Crippen molar-refractivity contribution in [2.75, 3.05) is 7.11 Å². The Hall–Kier alpha value is -4.66. The molecule has 3 aliphatic heterocycles. The quantitative estimate of drug-likeness (QED) is 0.298. The lowest BCUT2D eigenvalue weighted by Crippen LogP contribution is -2.27. The third kappa shape index (κ3) is 4.36. The summed E-state index contributed by atoms with van der Waals surface area (Å²) in [4.78, 5) is 51.2. The average Bonchev–Trinajstić information content (AvgIpc) is 3.72. The number of H-pyrrole nitrogens is 2. The number of esters is 1. The molecular weight excluding hydrogens is 556 g/mol. The maximum absolute atomic E-state index is 14.0. The molecular formula is C35H38N4O5. The molecule has 1 saturated heterocycles. The number of aromatic nitrogens is 2. The van der Waals surface area contributed by atoms with E-state index in [9.17, 15) is 19.5 Å². The van der Waals surface area contributed by atoms with Crippen LogP contribution in [0.15, 0.2) is 39.7 Å². The van der Waals surface area contributed by atoms with E-state index in [2.05, 4.69) is 47.9 Å². The number of carbonyl (C=O) groups excluding carboxylic acids is 2. The van der Waals surface area contributed by atoms with Crippen LogP contribution in [0.3, 0.4) is 0 Å². The van der Waals surface area contributed by atoms with Gasteiger partial charge in [0.25, 0.3) is 0 Å². The first-order chi connectivity index (χ1) is 21.0. The highest BCUT2D eigenvalue weighted by atomic mass is 16.5. The number of carboxylic acids is 1. The van der Waals surface area contributed by atoms with Crippen molar-refractivity contribution in [2.24, 2.45) is 22.7 Å². The first-order valence-electron chi connectivity index (χ1n) is 15.1. The molecule has 8 bridgehead atoms. The van der Waals surface area contributed by atoms with Crippen molar-refractivity contribution in [1.82, 2.24) is 15.3 Å². The van der Waals surface area contributed by atoms with E-state index in [0.717, 1.165) is 56.5 Å². The fraction of sp³-hybridized carbons (Fsp3) is 0.371. The number of methoxy groups -OCH3 is 1. The van der Waals surface area contributed by atoms with Crippen LogP contribution in [0.1, 0.15) is 67.3 Å². The van der Waals surface area contributed by atoms with Gasteiger partial charge in [0.15, 0.2) is 5.78 Å². The van der Waals surface area contributed by atoms with E-state index in [4.69, 9.17) is 9.73 Å². The largest absolute Gasteiger partial charge is 0.481 e. The number of carbonyl (C=O) groups is 3. The molecule has 5 heterocycles. The van der Waals surface area contributed by atoms with Crippen LogP contribution >= 0.6 is 0 Å². The number of aliphatic carboxylic acids is 1. The van der Waals surface area contributed by atoms with E-state index in [1.54, 1.807) is 0 Å². The highest BCUT2D eigenvalue weighted by molar-refractivity contribution is 6.42. The predicted octanol–water partition coefficient (Wildman–Crippen LogP) is 3.61. The smallest absolute Gasteiger partial charge is 0.321 e. The van der Waals surface area contributed by atoms with Crippen LogP contribution < -0.4 is 16.0 Å². The highest BCUT2D eigenvalue weighted by Gasteiger charge is 2.52. The summed E-state index contributed by atoms with van der Waals surface area (Å²) in [5.74, 6) is -3.46. The molecule has 4 atom stereocenters. The van der Waals surface area contributed by atoms with Gasteiger partial charge in [-0.05, 0) is 74.1 Å². The normalized spacial score (nSPS) is 28.0. The molecule has 4 aliphatic rings. The van der Waals surface area contributed by atoms with Gasteiger partial charge in [-0.1, -0.05) is 26.5 Å². The summed E-state index contributed by atoms with van der Waals surface area (Å²) in [7, 11) is 1.28. The molecule has 44 heavy (non-hydrogen) atoms. The third-order valence-electron chi connectivity index (χ3n) is 9.82. The van der Waals surface area contributed by atoms with Crippen LogP contribution in [0.4, 0.5) is 0 Å². The monoisotopic (exact) mass is 594 g/mol. The number of ketones is 1. The van der Waals surface area contributed by atoms with Crippen LogP contribution in [0, 0.1) is 31.6 Å². The lowest BCUT2D eigenvalue weighted by Gasteiger charge is -2.19. The van der Waals surface area contributed by atoms with Crippen LogP contribution in [0.25, 0.3) is 24.3 Å². The summed E-state index contributed by atoms with van der Waals surface area (Å²) in [5, 5.41) is 15.1. The van der Waals surface area contributed by atoms with Crippen molar-refractivity contribution >= 4 is 47.7 Å². The van der Waals surface area contributed by atoms with Crippen molar-refractivity contribution < 1.29 is 24.2 Å². The Bertz CT molecular complexity index is 1910. The van der Waals surface area contributed by atoms with Gasteiger partial charge in [-0.15, -0.1) is 0 Å². The Morgan fingerprint density at radius 3 is 2.52 bits per heavy atom. The topological polar surface area (TPSA) is 137 Å². The lowest BCUT2D eigenvalue weighted by atomic mass is 9.85. The van der Waals surface area contributed by atoms with Gasteiger partial charge in [-0.25, -0.2) is 0 Å². The molecule has 1 unspecified atom stereocenters. The lowest BCUT2D eigenvalue weighted by molar-refractivity contribution is -0.146. The second kappa shape index (κ2) is 10.8. The summed E-state index contributed by atoms with van der Waals surface area (Å²) in [5.41, 5.74) is 9.89. The van der Waals surface area contributed by atoms with Crippen molar-refractivity contribution in [3.8, 4) is 0 Å². The van der Waals surface area contributed by atoms with E-state index < -0.39 is 23.9 Å². The van der Waals surface area contributed by atoms with E-state index in [0.29, 0.717) is 29.0 Å². The number of carboxylic acid groups (broad SMARTS) is 1. The zero-order chi connectivity index (χ0) is 31.6. The van der Waals surface area contributed by atoms with Crippen molar-refractivity contribution in [1.29, 1.82) is 0 Å². The Kier molecular flexibility index (Phi) is 7.22. The number of Topliss-reactive ketones (excluding diaryl/α,β-unsaturated/α-hetero) is 1. The van der Waals surface area contributed by atoms with Crippen LogP contribution in [0.5, 0.6) is 0 Å². The molecule has 0 spiro atoms. The Morgan fingerprint density at radius 1 is 1.11 bits per heavy atom. The number of hydrogen-bond acceptors (Lipinski definition) is 6. The number of allylic oxidation sites excluding steroid dienone is 3. The maximum atomic E-state index is 14.0. The van der Waals surface area contributed by atoms with Crippen molar-refractivity contribution in [3.05, 3.63) is 79.0 Å². The Labute approximate surface area is 255 Å². The fourth-order valence-electron chi connectivity index (χ4n) is 7.34. The second-order valence-electron chi connectivity index (χ2n) is 12.1. The molecule has 9 nitrogen and oxygen atoms in total. The Balaban J connectivity index is 1.71. The maximum Gasteiger partial charge on any atom is 0.321 e. The van der Waals surface area contributed by atoms with E-state index in [-0.39, 0.29) is 24.0 Å². The van der Waals surface area contributed by atoms with E-state index in [1.807, 2.05) is 32.9 Å².